The van der Waals surface area contributed by atoms with Gasteiger partial charge in [-0.05, 0) is 69.9 Å². The highest BCUT2D eigenvalue weighted by molar-refractivity contribution is 5.88. The summed E-state index contributed by atoms with van der Waals surface area (Å²) in [5, 5.41) is 10.3. The van der Waals surface area contributed by atoms with Crippen LogP contribution in [0.5, 0.6) is 0 Å². The normalized spacial score (nSPS) is 24.7. The van der Waals surface area contributed by atoms with Gasteiger partial charge in [0.1, 0.15) is 18.4 Å². The number of aliphatic carboxylic acids is 1. The molecule has 212 valence electrons. The number of carboxylic acids is 1. The van der Waals surface area contributed by atoms with Crippen molar-refractivity contribution in [3.05, 3.63) is 47.0 Å². The summed E-state index contributed by atoms with van der Waals surface area (Å²) >= 11 is 0. The van der Waals surface area contributed by atoms with Crippen LogP contribution in [0.25, 0.3) is 0 Å². The molecule has 2 aliphatic heterocycles. The van der Waals surface area contributed by atoms with Crippen LogP contribution in [0.15, 0.2) is 41.5 Å². The summed E-state index contributed by atoms with van der Waals surface area (Å²) in [7, 11) is 0. The van der Waals surface area contributed by atoms with Crippen LogP contribution in [0, 0.1) is 5.92 Å². The summed E-state index contributed by atoms with van der Waals surface area (Å²) < 4.78 is 24.0. The molecule has 0 saturated carbocycles. The summed E-state index contributed by atoms with van der Waals surface area (Å²) in [6.45, 7) is 12.5. The van der Waals surface area contributed by atoms with E-state index in [0.717, 1.165) is 24.8 Å². The minimum absolute atomic E-state index is 0.153. The van der Waals surface area contributed by atoms with Gasteiger partial charge in [0.2, 0.25) is 0 Å². The Bertz CT molecular complexity index is 953. The van der Waals surface area contributed by atoms with Crippen LogP contribution in [0.4, 0.5) is 4.79 Å². The molecule has 38 heavy (non-hydrogen) atoms. The molecule has 0 radical (unpaired) electrons. The van der Waals surface area contributed by atoms with Crippen molar-refractivity contribution in [2.75, 3.05) is 6.61 Å². The average Bonchev–Trinajstić information content (AvgIpc) is 3.12. The number of carbonyl (C=O) groups is 2. The molecule has 3 rings (SSSR count). The molecule has 1 aromatic carbocycles. The lowest BCUT2D eigenvalue weighted by molar-refractivity contribution is -0.184. The van der Waals surface area contributed by atoms with Crippen LogP contribution in [0.3, 0.4) is 0 Å². The number of rotatable bonds is 11. The maximum Gasteiger partial charge on any atom is 0.412 e. The van der Waals surface area contributed by atoms with E-state index in [1.165, 1.54) is 0 Å². The van der Waals surface area contributed by atoms with E-state index in [2.05, 4.69) is 13.8 Å². The van der Waals surface area contributed by atoms with E-state index >= 15 is 0 Å². The van der Waals surface area contributed by atoms with Gasteiger partial charge in [0, 0.05) is 18.6 Å². The Balaban J connectivity index is 1.87. The average molecular weight is 532 g/mol. The van der Waals surface area contributed by atoms with Crippen molar-refractivity contribution in [2.45, 2.75) is 117 Å². The van der Waals surface area contributed by atoms with Crippen LogP contribution in [-0.4, -0.2) is 58.9 Å². The van der Waals surface area contributed by atoms with Gasteiger partial charge < -0.3 is 24.1 Å². The zero-order chi connectivity index (χ0) is 27.9. The van der Waals surface area contributed by atoms with Gasteiger partial charge in [0.25, 0.3) is 0 Å². The second-order valence-electron chi connectivity index (χ2n) is 11.2. The van der Waals surface area contributed by atoms with E-state index in [4.69, 9.17) is 18.9 Å². The van der Waals surface area contributed by atoms with Crippen molar-refractivity contribution in [3.63, 3.8) is 0 Å². The van der Waals surface area contributed by atoms with Crippen LogP contribution >= 0.6 is 0 Å². The molecule has 8 nitrogen and oxygen atoms in total. The number of benzene rings is 1. The molecule has 1 amide bonds. The molecule has 0 spiro atoms. The maximum atomic E-state index is 13.4. The number of carboxylic acid groups (broad SMARTS) is 1. The quantitative estimate of drug-likeness (QED) is 0.335. The van der Waals surface area contributed by atoms with Crippen molar-refractivity contribution >= 4 is 12.1 Å². The lowest BCUT2D eigenvalue weighted by Gasteiger charge is -2.33. The van der Waals surface area contributed by atoms with Crippen molar-refractivity contribution in [2.24, 2.45) is 5.92 Å². The van der Waals surface area contributed by atoms with Crippen LogP contribution in [-0.2, 0) is 30.3 Å². The molecule has 0 aliphatic carbocycles. The van der Waals surface area contributed by atoms with Crippen molar-refractivity contribution < 1.29 is 33.6 Å². The molecule has 4 atom stereocenters. The van der Waals surface area contributed by atoms with Gasteiger partial charge in [-0.25, -0.2) is 9.59 Å². The Morgan fingerprint density at radius 3 is 2.45 bits per heavy atom. The Labute approximate surface area is 227 Å². The van der Waals surface area contributed by atoms with Gasteiger partial charge in [0.15, 0.2) is 6.29 Å². The first-order valence-electron chi connectivity index (χ1n) is 13.9. The van der Waals surface area contributed by atoms with Crippen molar-refractivity contribution in [1.82, 2.24) is 4.90 Å². The third kappa shape index (κ3) is 7.80. The number of carbonyl (C=O) groups excluding carboxylic acids is 1. The molecular formula is C30H45NO7. The number of amides is 1. The fraction of sp³-hybridized carbons (Fsp3) is 0.667. The Morgan fingerprint density at radius 2 is 1.87 bits per heavy atom. The molecule has 1 aromatic rings. The predicted octanol–water partition coefficient (Wildman–Crippen LogP) is 6.29. The molecule has 0 aromatic heterocycles. The fourth-order valence-corrected chi connectivity index (χ4v) is 5.50. The molecule has 2 aliphatic rings. The highest BCUT2D eigenvalue weighted by Gasteiger charge is 2.52. The molecule has 0 bridgehead atoms. The zero-order valence-electron chi connectivity index (χ0n) is 23.8. The third-order valence-electron chi connectivity index (χ3n) is 7.18. The Kier molecular flexibility index (Phi) is 10.8. The van der Waals surface area contributed by atoms with Gasteiger partial charge in [-0.1, -0.05) is 51.1 Å². The third-order valence-corrected chi connectivity index (χ3v) is 7.18. The van der Waals surface area contributed by atoms with Gasteiger partial charge in [-0.15, -0.1) is 0 Å². The summed E-state index contributed by atoms with van der Waals surface area (Å²) in [6.07, 6.45) is 2.56. The number of hydrogen-bond donors (Lipinski definition) is 1. The summed E-state index contributed by atoms with van der Waals surface area (Å²) in [5.41, 5.74) is 0.897. The van der Waals surface area contributed by atoms with E-state index in [9.17, 15) is 14.7 Å². The van der Waals surface area contributed by atoms with Crippen molar-refractivity contribution in [1.29, 1.82) is 0 Å². The van der Waals surface area contributed by atoms with Crippen LogP contribution < -0.4 is 0 Å². The first kappa shape index (κ1) is 30.1. The summed E-state index contributed by atoms with van der Waals surface area (Å²) in [5.74, 6) is -0.738. The molecule has 2 heterocycles. The predicted molar refractivity (Wildman–Crippen MR) is 144 cm³/mol. The first-order valence-corrected chi connectivity index (χ1v) is 13.9. The highest BCUT2D eigenvalue weighted by Crippen LogP contribution is 2.41. The van der Waals surface area contributed by atoms with Gasteiger partial charge in [-0.2, -0.15) is 0 Å². The van der Waals surface area contributed by atoms with E-state index in [-0.39, 0.29) is 43.0 Å². The zero-order valence-corrected chi connectivity index (χ0v) is 23.8. The van der Waals surface area contributed by atoms with Gasteiger partial charge in [-0.3, -0.25) is 4.90 Å². The second kappa shape index (κ2) is 13.6. The van der Waals surface area contributed by atoms with Crippen LogP contribution in [0.2, 0.25) is 0 Å². The molecular weight excluding hydrogens is 486 g/mol. The topological polar surface area (TPSA) is 94.5 Å². The van der Waals surface area contributed by atoms with Crippen molar-refractivity contribution in [3.8, 4) is 0 Å². The van der Waals surface area contributed by atoms with E-state index in [0.29, 0.717) is 25.0 Å². The molecule has 8 heteroatoms. The smallest absolute Gasteiger partial charge is 0.412 e. The summed E-state index contributed by atoms with van der Waals surface area (Å²) in [6, 6.07) is 9.17. The van der Waals surface area contributed by atoms with Gasteiger partial charge >= 0.3 is 12.1 Å². The van der Waals surface area contributed by atoms with Gasteiger partial charge in [0.05, 0.1) is 12.1 Å². The lowest BCUT2D eigenvalue weighted by Crippen LogP contribution is -2.49. The Morgan fingerprint density at radius 1 is 1.16 bits per heavy atom. The summed E-state index contributed by atoms with van der Waals surface area (Å²) in [4.78, 5) is 27.6. The number of ether oxygens (including phenoxy) is 4. The Hall–Kier alpha value is -2.42. The van der Waals surface area contributed by atoms with E-state index in [1.807, 2.05) is 58.0 Å². The second-order valence-corrected chi connectivity index (χ2v) is 11.2. The fourth-order valence-electron chi connectivity index (χ4n) is 5.50. The minimum Gasteiger partial charge on any atom is -0.478 e. The van der Waals surface area contributed by atoms with E-state index < -0.39 is 23.9 Å². The largest absolute Gasteiger partial charge is 0.478 e. The highest BCUT2D eigenvalue weighted by atomic mass is 16.7. The molecule has 2 saturated heterocycles. The minimum atomic E-state index is -0.989. The van der Waals surface area contributed by atoms with E-state index in [1.54, 1.807) is 4.90 Å². The van der Waals surface area contributed by atoms with Crippen LogP contribution in [0.1, 0.15) is 85.6 Å². The SMILES string of the molecule is CCC(=C(CC(C)OC1CCCCO1)C(=O)O)[C@@H]1OC(C)(C)N(C(=O)OCc2ccccc2)[C@H]1CC(C)C. The monoisotopic (exact) mass is 531 g/mol. The molecule has 2 unspecified atom stereocenters. The lowest BCUT2D eigenvalue weighted by atomic mass is 9.88. The number of hydrogen-bond acceptors (Lipinski definition) is 6. The number of nitrogens with zero attached hydrogens (tertiary/aromatic N) is 1. The standard InChI is InChI=1S/C30H45NO7/c1-7-23(24(28(32)33)18-21(4)37-26-15-11-12-16-35-26)27-25(17-20(2)3)31(30(5,6)38-27)29(34)36-19-22-13-9-8-10-14-22/h8-10,13-14,20-21,25-27H,7,11-12,15-19H2,1-6H3,(H,32,33)/t21?,25-,26?,27-/m0/s1. The molecule has 1 N–H and O–H groups in total. The maximum absolute atomic E-state index is 13.4. The first-order chi connectivity index (χ1) is 18.0. The molecule has 2 fully saturated rings.